The first-order valence-electron chi connectivity index (χ1n) is 16.1. The highest BCUT2D eigenvalue weighted by Gasteiger charge is 2.17. The van der Waals surface area contributed by atoms with Crippen molar-refractivity contribution in [2.75, 3.05) is 0 Å². The molecule has 9 rings (SSSR count). The lowest BCUT2D eigenvalue weighted by Gasteiger charge is -2.13. The number of hydrogen-bond acceptors (Lipinski definition) is 2. The third-order valence-corrected chi connectivity index (χ3v) is 10.6. The summed E-state index contributed by atoms with van der Waals surface area (Å²) in [6.07, 6.45) is 0. The first-order chi connectivity index (χ1) is 24.6. The number of benzene rings is 7. The monoisotopic (exact) mass is 652 g/mol. The lowest BCUT2D eigenvalue weighted by molar-refractivity contribution is 1.18. The van der Waals surface area contributed by atoms with Crippen LogP contribution in [-0.2, 0) is 0 Å². The molecule has 0 aliphatic rings. The smallest absolute Gasteiger partial charge is 0.189 e. The summed E-state index contributed by atoms with van der Waals surface area (Å²) in [4.78, 5) is 7.53. The topological polar surface area (TPSA) is 37.4 Å². The van der Waals surface area contributed by atoms with Crippen molar-refractivity contribution in [2.45, 2.75) is 0 Å². The van der Waals surface area contributed by atoms with Gasteiger partial charge in [-0.25, -0.2) is 9.69 Å². The lowest BCUT2D eigenvalue weighted by Crippen LogP contribution is -1.94. The van der Waals surface area contributed by atoms with Crippen molar-refractivity contribution < 1.29 is 0 Å². The van der Waals surface area contributed by atoms with E-state index in [1.807, 2.05) is 59.9 Å². The van der Waals surface area contributed by atoms with Gasteiger partial charge in [0.1, 0.15) is 0 Å². The number of fused-ring (bicyclic) bond motifs is 6. The number of rotatable bonds is 4. The largest absolute Gasteiger partial charge is 0.311 e. The van der Waals surface area contributed by atoms with Gasteiger partial charge in [-0.05, 0) is 106 Å². The van der Waals surface area contributed by atoms with Crippen molar-refractivity contribution in [3.05, 3.63) is 174 Å². The molecule has 0 spiro atoms. The summed E-state index contributed by atoms with van der Waals surface area (Å²) in [7, 11) is 0. The third kappa shape index (κ3) is 4.72. The molecule has 0 aliphatic carbocycles. The molecule has 0 saturated carbocycles. The van der Waals surface area contributed by atoms with Crippen LogP contribution in [0.1, 0.15) is 5.56 Å². The van der Waals surface area contributed by atoms with E-state index in [0.717, 1.165) is 49.7 Å². The first-order valence-corrected chi connectivity index (χ1v) is 16.9. The lowest BCUT2D eigenvalue weighted by atomic mass is 9.94. The van der Waals surface area contributed by atoms with Gasteiger partial charge < -0.3 is 4.57 Å². The summed E-state index contributed by atoms with van der Waals surface area (Å²) < 4.78 is 4.68. The zero-order chi connectivity index (χ0) is 33.8. The van der Waals surface area contributed by atoms with Gasteiger partial charge in [0.05, 0.1) is 35.8 Å². The minimum Gasteiger partial charge on any atom is -0.311 e. The summed E-state index contributed by atoms with van der Waals surface area (Å²) in [6, 6.07) is 51.9. The molecule has 2 heterocycles. The van der Waals surface area contributed by atoms with Crippen molar-refractivity contribution >= 4 is 64.7 Å². The zero-order valence-electron chi connectivity index (χ0n) is 26.6. The molecule has 0 unspecified atom stereocenters. The number of aromatic nitrogens is 1. The predicted octanol–water partition coefficient (Wildman–Crippen LogP) is 13.1. The first kappa shape index (κ1) is 29.2. The fraction of sp³-hybridized carbons (Fsp3) is 0. The van der Waals surface area contributed by atoms with Crippen molar-refractivity contribution in [1.29, 1.82) is 5.26 Å². The Hall–Kier alpha value is -6.97. The third-order valence-electron chi connectivity index (χ3n) is 9.39. The van der Waals surface area contributed by atoms with Crippen LogP contribution in [-0.4, -0.2) is 4.57 Å². The van der Waals surface area contributed by atoms with Gasteiger partial charge in [-0.15, -0.1) is 11.3 Å². The average Bonchev–Trinajstić information content (AvgIpc) is 3.72. The van der Waals surface area contributed by atoms with Crippen LogP contribution < -0.4 is 0 Å². The second-order valence-electron chi connectivity index (χ2n) is 12.3. The molecule has 0 N–H and O–H groups in total. The van der Waals surface area contributed by atoms with Gasteiger partial charge in [0, 0.05) is 36.8 Å². The van der Waals surface area contributed by atoms with Gasteiger partial charge in [0.2, 0.25) is 0 Å². The fourth-order valence-corrected chi connectivity index (χ4v) is 8.31. The number of nitriles is 1. The van der Waals surface area contributed by atoms with E-state index in [1.54, 1.807) is 0 Å². The Morgan fingerprint density at radius 3 is 2.00 bits per heavy atom. The van der Waals surface area contributed by atoms with Gasteiger partial charge in [0.15, 0.2) is 11.4 Å². The van der Waals surface area contributed by atoms with Gasteiger partial charge in [0.25, 0.3) is 0 Å². The van der Waals surface area contributed by atoms with Crippen molar-refractivity contribution in [3.63, 3.8) is 0 Å². The SMILES string of the molecule is [C-]#[N+]c1cc(-c2cccc(-c3cc(-c4ccccc4)c4sc5ccccc5c4c3)c2)cc(-n2c3ccc(C#N)cc3c3cc([N+]#[C-])ccc32)c1. The number of hydrogen-bond donors (Lipinski definition) is 0. The molecule has 9 aromatic rings. The van der Waals surface area contributed by atoms with Crippen LogP contribution in [0.2, 0.25) is 0 Å². The van der Waals surface area contributed by atoms with Crippen LogP contribution in [0.4, 0.5) is 11.4 Å². The summed E-state index contributed by atoms with van der Waals surface area (Å²) in [5, 5.41) is 13.9. The van der Waals surface area contributed by atoms with Crippen LogP contribution in [0, 0.1) is 24.5 Å². The van der Waals surface area contributed by atoms with Crippen molar-refractivity contribution in [2.24, 2.45) is 0 Å². The maximum Gasteiger partial charge on any atom is 0.189 e. The molecule has 0 bridgehead atoms. The molecule has 0 atom stereocenters. The molecule has 0 aliphatic heterocycles. The Morgan fingerprint density at radius 1 is 0.520 bits per heavy atom. The standard InChI is InChI=1S/C45H24N4S/c1-47-34-16-18-43-40(26-34)39-19-28(27-46)15-17-42(39)49(43)36-22-32(21-35(25-36)48-2)30-11-8-12-31(20-30)33-23-38(29-9-4-3-5-10-29)45-41(24-33)37-13-6-7-14-44(37)50-45/h3-26H. The highest BCUT2D eigenvalue weighted by atomic mass is 32.1. The Morgan fingerprint density at radius 2 is 1.22 bits per heavy atom. The van der Waals surface area contributed by atoms with E-state index in [-0.39, 0.29) is 0 Å². The van der Waals surface area contributed by atoms with E-state index in [9.17, 15) is 5.26 Å². The van der Waals surface area contributed by atoms with E-state index < -0.39 is 0 Å². The molecular weight excluding hydrogens is 629 g/mol. The summed E-state index contributed by atoms with van der Waals surface area (Å²) >= 11 is 1.84. The van der Waals surface area contributed by atoms with Gasteiger partial charge >= 0.3 is 0 Å². The predicted molar refractivity (Wildman–Crippen MR) is 207 cm³/mol. The molecule has 230 valence electrons. The minimum absolute atomic E-state index is 0.529. The number of nitrogens with zero attached hydrogens (tertiary/aromatic N) is 4. The van der Waals surface area contributed by atoms with Gasteiger partial charge in [-0.3, -0.25) is 0 Å². The van der Waals surface area contributed by atoms with Gasteiger partial charge in [-0.2, -0.15) is 5.26 Å². The second kappa shape index (κ2) is 11.6. The maximum absolute atomic E-state index is 9.65. The molecular formula is C45H24N4S. The maximum atomic E-state index is 9.65. The fourth-order valence-electron chi connectivity index (χ4n) is 7.09. The Balaban J connectivity index is 1.23. The molecule has 0 radical (unpaired) electrons. The summed E-state index contributed by atoms with van der Waals surface area (Å²) in [5.74, 6) is 0. The summed E-state index contributed by atoms with van der Waals surface area (Å²) in [6.45, 7) is 15.6. The second-order valence-corrected chi connectivity index (χ2v) is 13.3. The van der Waals surface area contributed by atoms with Crippen LogP contribution >= 0.6 is 11.3 Å². The van der Waals surface area contributed by atoms with Gasteiger partial charge in [-0.1, -0.05) is 72.8 Å². The van der Waals surface area contributed by atoms with Crippen molar-refractivity contribution in [1.82, 2.24) is 4.57 Å². The zero-order valence-corrected chi connectivity index (χ0v) is 27.4. The molecule has 4 nitrogen and oxygen atoms in total. The average molecular weight is 653 g/mol. The Kier molecular flexibility index (Phi) is 6.78. The molecule has 50 heavy (non-hydrogen) atoms. The van der Waals surface area contributed by atoms with Crippen molar-refractivity contribution in [3.8, 4) is 45.1 Å². The van der Waals surface area contributed by atoms with Crippen LogP contribution in [0.15, 0.2) is 146 Å². The molecule has 0 saturated heterocycles. The highest BCUT2D eigenvalue weighted by Crippen LogP contribution is 2.43. The quantitative estimate of drug-likeness (QED) is 0.174. The van der Waals surface area contributed by atoms with Crippen LogP contribution in [0.3, 0.4) is 0 Å². The Bertz CT molecular complexity index is 2890. The van der Waals surface area contributed by atoms with Crippen LogP contribution in [0.25, 0.3) is 90.7 Å². The molecule has 2 aromatic heterocycles. The minimum atomic E-state index is 0.529. The number of thiophene rings is 1. The van der Waals surface area contributed by atoms with Crippen LogP contribution in [0.5, 0.6) is 0 Å². The van der Waals surface area contributed by atoms with E-state index >= 15 is 0 Å². The molecule has 5 heteroatoms. The highest BCUT2D eigenvalue weighted by molar-refractivity contribution is 7.26. The van der Waals surface area contributed by atoms with E-state index in [2.05, 4.69) is 117 Å². The van der Waals surface area contributed by atoms with E-state index in [0.29, 0.717) is 16.9 Å². The molecule has 7 aromatic carbocycles. The summed E-state index contributed by atoms with van der Waals surface area (Å²) in [5.41, 5.74) is 10.9. The van der Waals surface area contributed by atoms with E-state index in [4.69, 9.17) is 13.1 Å². The van der Waals surface area contributed by atoms with E-state index in [1.165, 1.54) is 31.3 Å². The normalized spacial score (nSPS) is 11.1. The Labute approximate surface area is 292 Å². The molecule has 0 amide bonds. The molecule has 0 fully saturated rings.